The number of amides is 1. The summed E-state index contributed by atoms with van der Waals surface area (Å²) in [4.78, 5) is 43.5. The van der Waals surface area contributed by atoms with Crippen molar-refractivity contribution in [1.82, 2.24) is 24.8 Å². The topological polar surface area (TPSA) is 97.5 Å². The number of carbonyl (C=O) groups is 1. The molecule has 2 N–H and O–H groups in total. The summed E-state index contributed by atoms with van der Waals surface area (Å²) >= 11 is 0. The van der Waals surface area contributed by atoms with Gasteiger partial charge in [-0.2, -0.15) is 0 Å². The van der Waals surface area contributed by atoms with Crippen molar-refractivity contribution in [3.63, 3.8) is 0 Å². The fraction of sp³-hybridized carbons (Fsp3) is 0.462. The summed E-state index contributed by atoms with van der Waals surface area (Å²) in [6.45, 7) is 8.21. The highest BCUT2D eigenvalue weighted by atomic mass is 16.2. The van der Waals surface area contributed by atoms with E-state index in [1.807, 2.05) is 50.6 Å². The summed E-state index contributed by atoms with van der Waals surface area (Å²) < 4.78 is 0. The van der Waals surface area contributed by atoms with E-state index in [2.05, 4.69) is 35.0 Å². The number of carbonyl (C=O) groups excluding carboxylic acids is 1. The summed E-state index contributed by atoms with van der Waals surface area (Å²) in [6, 6.07) is 7.85. The lowest BCUT2D eigenvalue weighted by Crippen LogP contribution is -2.46. The number of hydrogen-bond acceptors (Lipinski definition) is 7. The Morgan fingerprint density at radius 2 is 1.94 bits per heavy atom. The zero-order valence-electron chi connectivity index (χ0n) is 20.5. The SMILES string of the molecule is CCc1cc2ncc(CN3CCN(c4ccc(NC(=O)[C@@H]5CCN(C)C5)nc4)CC3)cc2[nH]c1=O. The molecule has 2 saturated heterocycles. The number of anilines is 2. The normalized spacial score (nSPS) is 19.4. The van der Waals surface area contributed by atoms with Gasteiger partial charge >= 0.3 is 0 Å². The third-order valence-corrected chi connectivity index (χ3v) is 7.11. The average molecular weight is 476 g/mol. The first-order valence-electron chi connectivity index (χ1n) is 12.4. The van der Waals surface area contributed by atoms with Crippen molar-refractivity contribution < 1.29 is 4.79 Å². The number of rotatable bonds is 6. The largest absolute Gasteiger partial charge is 0.368 e. The van der Waals surface area contributed by atoms with E-state index in [1.54, 1.807) is 0 Å². The molecule has 5 rings (SSSR count). The fourth-order valence-corrected chi connectivity index (χ4v) is 4.96. The van der Waals surface area contributed by atoms with E-state index in [1.165, 1.54) is 0 Å². The lowest BCUT2D eigenvalue weighted by atomic mass is 10.1. The monoisotopic (exact) mass is 475 g/mol. The fourth-order valence-electron chi connectivity index (χ4n) is 4.96. The van der Waals surface area contributed by atoms with Crippen LogP contribution in [0, 0.1) is 5.92 Å². The molecular weight excluding hydrogens is 442 g/mol. The molecule has 2 aliphatic rings. The van der Waals surface area contributed by atoms with Gasteiger partial charge in [-0.05, 0) is 56.3 Å². The molecule has 0 radical (unpaired) electrons. The van der Waals surface area contributed by atoms with Crippen molar-refractivity contribution in [2.75, 3.05) is 56.5 Å². The van der Waals surface area contributed by atoms with Gasteiger partial charge < -0.3 is 20.1 Å². The van der Waals surface area contributed by atoms with Crippen LogP contribution in [0.5, 0.6) is 0 Å². The molecule has 0 unspecified atom stereocenters. The maximum atomic E-state index is 12.4. The van der Waals surface area contributed by atoms with E-state index in [4.69, 9.17) is 0 Å². The van der Waals surface area contributed by atoms with Crippen LogP contribution in [0.15, 0.2) is 41.5 Å². The average Bonchev–Trinajstić information content (AvgIpc) is 3.31. The molecule has 3 aromatic heterocycles. The molecule has 35 heavy (non-hydrogen) atoms. The van der Waals surface area contributed by atoms with Crippen LogP contribution >= 0.6 is 0 Å². The minimum atomic E-state index is -0.0297. The highest BCUT2D eigenvalue weighted by molar-refractivity contribution is 5.92. The number of hydrogen-bond donors (Lipinski definition) is 2. The van der Waals surface area contributed by atoms with E-state index in [0.29, 0.717) is 12.2 Å². The third-order valence-electron chi connectivity index (χ3n) is 7.11. The Hall–Kier alpha value is -3.30. The van der Waals surface area contributed by atoms with Crippen LogP contribution < -0.4 is 15.8 Å². The molecule has 0 bridgehead atoms. The van der Waals surface area contributed by atoms with Gasteiger partial charge in [-0.15, -0.1) is 0 Å². The van der Waals surface area contributed by atoms with Gasteiger partial charge in [0.15, 0.2) is 0 Å². The second kappa shape index (κ2) is 10.1. The second-order valence-corrected chi connectivity index (χ2v) is 9.66. The smallest absolute Gasteiger partial charge is 0.251 e. The highest BCUT2D eigenvalue weighted by Gasteiger charge is 2.26. The number of aromatic amines is 1. The van der Waals surface area contributed by atoms with Crippen LogP contribution in [0.25, 0.3) is 11.0 Å². The standard InChI is InChI=1S/C26H33N7O2/c1-3-19-13-22-23(29-25(19)34)12-18(14-27-22)16-32-8-10-33(11-9-32)21-4-5-24(28-15-21)30-26(35)20-6-7-31(2)17-20/h4-5,12-15,20H,3,6-11,16-17H2,1-2H3,(H,29,34)(H,28,30,35)/t20-/m1/s1. The van der Waals surface area contributed by atoms with E-state index < -0.39 is 0 Å². The number of pyridine rings is 3. The van der Waals surface area contributed by atoms with Crippen molar-refractivity contribution in [2.24, 2.45) is 5.92 Å². The van der Waals surface area contributed by atoms with Crippen molar-refractivity contribution in [3.8, 4) is 0 Å². The van der Waals surface area contributed by atoms with Gasteiger partial charge in [0.25, 0.3) is 5.56 Å². The molecule has 0 saturated carbocycles. The zero-order valence-corrected chi connectivity index (χ0v) is 20.5. The molecule has 1 atom stereocenters. The molecule has 2 fully saturated rings. The minimum Gasteiger partial charge on any atom is -0.368 e. The summed E-state index contributed by atoms with van der Waals surface area (Å²) in [5, 5.41) is 2.96. The Labute approximate surface area is 205 Å². The van der Waals surface area contributed by atoms with Crippen LogP contribution in [-0.4, -0.2) is 77.0 Å². The zero-order chi connectivity index (χ0) is 24.4. The molecule has 1 amide bonds. The van der Waals surface area contributed by atoms with Gasteiger partial charge in [0.2, 0.25) is 5.91 Å². The number of aryl methyl sites for hydroxylation is 1. The van der Waals surface area contributed by atoms with Crippen molar-refractivity contribution in [2.45, 2.75) is 26.3 Å². The second-order valence-electron chi connectivity index (χ2n) is 9.66. The Kier molecular flexibility index (Phi) is 6.79. The summed E-state index contributed by atoms with van der Waals surface area (Å²) in [6.07, 6.45) is 5.36. The molecule has 5 heterocycles. The molecule has 0 aromatic carbocycles. The van der Waals surface area contributed by atoms with Crippen LogP contribution in [-0.2, 0) is 17.8 Å². The predicted octanol–water partition coefficient (Wildman–Crippen LogP) is 2.09. The lowest BCUT2D eigenvalue weighted by molar-refractivity contribution is -0.119. The predicted molar refractivity (Wildman–Crippen MR) is 138 cm³/mol. The minimum absolute atomic E-state index is 0.0297. The van der Waals surface area contributed by atoms with E-state index in [9.17, 15) is 9.59 Å². The highest BCUT2D eigenvalue weighted by Crippen LogP contribution is 2.21. The first kappa shape index (κ1) is 23.4. The molecule has 2 aliphatic heterocycles. The molecular formula is C26H33N7O2. The van der Waals surface area contributed by atoms with Gasteiger partial charge in [-0.1, -0.05) is 6.92 Å². The van der Waals surface area contributed by atoms with Gasteiger partial charge in [0.1, 0.15) is 5.82 Å². The first-order valence-corrected chi connectivity index (χ1v) is 12.4. The van der Waals surface area contributed by atoms with Crippen molar-refractivity contribution in [3.05, 3.63) is 58.1 Å². The Bertz CT molecular complexity index is 1250. The third kappa shape index (κ3) is 5.36. The van der Waals surface area contributed by atoms with Crippen LogP contribution in [0.2, 0.25) is 0 Å². The maximum Gasteiger partial charge on any atom is 0.251 e. The molecule has 0 aliphatic carbocycles. The van der Waals surface area contributed by atoms with Crippen LogP contribution in [0.4, 0.5) is 11.5 Å². The molecule has 9 nitrogen and oxygen atoms in total. The van der Waals surface area contributed by atoms with Gasteiger partial charge in [0, 0.05) is 51.0 Å². The van der Waals surface area contributed by atoms with Gasteiger partial charge in [-0.3, -0.25) is 19.5 Å². The van der Waals surface area contributed by atoms with Gasteiger partial charge in [0.05, 0.1) is 28.8 Å². The Morgan fingerprint density at radius 3 is 2.63 bits per heavy atom. The van der Waals surface area contributed by atoms with E-state index in [-0.39, 0.29) is 17.4 Å². The van der Waals surface area contributed by atoms with Crippen molar-refractivity contribution >= 4 is 28.4 Å². The van der Waals surface area contributed by atoms with Crippen LogP contribution in [0.1, 0.15) is 24.5 Å². The number of fused-ring (bicyclic) bond motifs is 1. The van der Waals surface area contributed by atoms with Crippen molar-refractivity contribution in [1.29, 1.82) is 0 Å². The molecule has 184 valence electrons. The number of H-pyrrole nitrogens is 1. The van der Waals surface area contributed by atoms with E-state index in [0.717, 1.165) is 80.1 Å². The molecule has 0 spiro atoms. The molecule has 3 aromatic rings. The summed E-state index contributed by atoms with van der Waals surface area (Å²) in [5.41, 5.74) is 4.53. The Balaban J connectivity index is 1.14. The quantitative estimate of drug-likeness (QED) is 0.563. The number of nitrogens with one attached hydrogen (secondary N) is 2. The maximum absolute atomic E-state index is 12.4. The number of piperazine rings is 1. The summed E-state index contributed by atoms with van der Waals surface area (Å²) in [7, 11) is 2.04. The Morgan fingerprint density at radius 1 is 1.11 bits per heavy atom. The number of aromatic nitrogens is 3. The number of nitrogens with zero attached hydrogens (tertiary/aromatic N) is 5. The summed E-state index contributed by atoms with van der Waals surface area (Å²) in [5.74, 6) is 0.711. The number of likely N-dealkylation sites (tertiary alicyclic amines) is 1. The lowest BCUT2D eigenvalue weighted by Gasteiger charge is -2.36. The van der Waals surface area contributed by atoms with Crippen LogP contribution in [0.3, 0.4) is 0 Å². The van der Waals surface area contributed by atoms with Gasteiger partial charge in [-0.25, -0.2) is 4.98 Å². The first-order chi connectivity index (χ1) is 17.0. The molecule has 9 heteroatoms. The van der Waals surface area contributed by atoms with E-state index >= 15 is 0 Å².